The summed E-state index contributed by atoms with van der Waals surface area (Å²) in [4.78, 5) is 14.9. The van der Waals surface area contributed by atoms with Gasteiger partial charge in [0.1, 0.15) is 6.10 Å². The van der Waals surface area contributed by atoms with Crippen LogP contribution in [0, 0.1) is 29.6 Å². The molecule has 3 aliphatic heterocycles. The number of esters is 1. The first-order valence-corrected chi connectivity index (χ1v) is 8.67. The van der Waals surface area contributed by atoms with Crippen molar-refractivity contribution in [1.82, 2.24) is 4.90 Å². The van der Waals surface area contributed by atoms with Crippen LogP contribution in [0.4, 0.5) is 0 Å². The Labute approximate surface area is 122 Å². The lowest BCUT2D eigenvalue weighted by molar-refractivity contribution is -0.148. The minimum Gasteiger partial charge on any atom is -0.462 e. The first-order valence-electron chi connectivity index (χ1n) is 8.67. The molecule has 4 rings (SSSR count). The molecule has 0 unspecified atom stereocenters. The number of nitrogens with zero attached hydrogens (tertiary/aromatic N) is 1. The molecule has 3 heteroatoms. The molecule has 0 amide bonds. The molecule has 0 spiro atoms. The minimum absolute atomic E-state index is 0.0772. The van der Waals surface area contributed by atoms with E-state index in [0.717, 1.165) is 12.0 Å². The number of hydrogen-bond acceptors (Lipinski definition) is 3. The number of carbonyl (C=O) groups is 1. The second-order valence-electron chi connectivity index (χ2n) is 7.48. The normalized spacial score (nSPS) is 51.3. The van der Waals surface area contributed by atoms with Crippen LogP contribution in [0.15, 0.2) is 0 Å². The van der Waals surface area contributed by atoms with E-state index >= 15 is 0 Å². The van der Waals surface area contributed by atoms with Gasteiger partial charge in [0.15, 0.2) is 0 Å². The number of rotatable bonds is 1. The maximum atomic E-state index is 12.1. The number of hydrogen-bond donors (Lipinski definition) is 0. The lowest BCUT2D eigenvalue weighted by Gasteiger charge is -2.48. The molecule has 4 aliphatic rings. The zero-order valence-corrected chi connectivity index (χ0v) is 12.8. The van der Waals surface area contributed by atoms with E-state index in [1.165, 1.54) is 45.2 Å². The SMILES string of the molecule is CC[C@@H]1[C@H]2CCCCN3CC[C@H]([C@@H]4[C@H]1OC(=O)[C@H]4C)[C@@H]23. The maximum Gasteiger partial charge on any atom is 0.309 e. The summed E-state index contributed by atoms with van der Waals surface area (Å²) in [6.45, 7) is 6.95. The van der Waals surface area contributed by atoms with E-state index < -0.39 is 0 Å². The Morgan fingerprint density at radius 3 is 2.85 bits per heavy atom. The van der Waals surface area contributed by atoms with Crippen LogP contribution in [0.1, 0.15) is 46.0 Å². The van der Waals surface area contributed by atoms with Crippen molar-refractivity contribution in [3.63, 3.8) is 0 Å². The van der Waals surface area contributed by atoms with Crippen molar-refractivity contribution in [3.8, 4) is 0 Å². The summed E-state index contributed by atoms with van der Waals surface area (Å²) in [6.07, 6.45) is 6.77. The second-order valence-corrected chi connectivity index (χ2v) is 7.48. The van der Waals surface area contributed by atoms with Crippen molar-refractivity contribution in [2.24, 2.45) is 29.6 Å². The maximum absolute atomic E-state index is 12.1. The average molecular weight is 277 g/mol. The van der Waals surface area contributed by atoms with Gasteiger partial charge in [-0.3, -0.25) is 9.69 Å². The van der Waals surface area contributed by atoms with E-state index in [9.17, 15) is 4.79 Å². The Balaban J connectivity index is 1.74. The largest absolute Gasteiger partial charge is 0.462 e. The fourth-order valence-electron chi connectivity index (χ4n) is 6.04. The third-order valence-corrected chi connectivity index (χ3v) is 6.80. The van der Waals surface area contributed by atoms with E-state index in [0.29, 0.717) is 17.8 Å². The highest BCUT2D eigenvalue weighted by atomic mass is 16.6. The highest BCUT2D eigenvalue weighted by Gasteiger charge is 2.60. The van der Waals surface area contributed by atoms with Crippen molar-refractivity contribution in [2.75, 3.05) is 13.1 Å². The van der Waals surface area contributed by atoms with Crippen molar-refractivity contribution < 1.29 is 9.53 Å². The van der Waals surface area contributed by atoms with Crippen LogP contribution < -0.4 is 0 Å². The van der Waals surface area contributed by atoms with Gasteiger partial charge in [-0.25, -0.2) is 0 Å². The van der Waals surface area contributed by atoms with Crippen LogP contribution >= 0.6 is 0 Å². The third-order valence-electron chi connectivity index (χ3n) is 6.80. The highest BCUT2D eigenvalue weighted by molar-refractivity contribution is 5.75. The van der Waals surface area contributed by atoms with Gasteiger partial charge < -0.3 is 4.74 Å². The first-order chi connectivity index (χ1) is 9.72. The van der Waals surface area contributed by atoms with Crippen molar-refractivity contribution in [1.29, 1.82) is 0 Å². The van der Waals surface area contributed by atoms with Gasteiger partial charge in [-0.2, -0.15) is 0 Å². The molecule has 0 bridgehead atoms. The summed E-state index contributed by atoms with van der Waals surface area (Å²) < 4.78 is 5.86. The first kappa shape index (κ1) is 13.1. The topological polar surface area (TPSA) is 29.5 Å². The Bertz CT molecular complexity index is 410. The van der Waals surface area contributed by atoms with Gasteiger partial charge in [0.2, 0.25) is 0 Å². The summed E-state index contributed by atoms with van der Waals surface area (Å²) in [7, 11) is 0. The Morgan fingerprint density at radius 2 is 2.05 bits per heavy atom. The lowest BCUT2D eigenvalue weighted by atomic mass is 9.60. The van der Waals surface area contributed by atoms with Gasteiger partial charge in [0.25, 0.3) is 0 Å². The van der Waals surface area contributed by atoms with Gasteiger partial charge in [-0.1, -0.05) is 20.3 Å². The van der Waals surface area contributed by atoms with Gasteiger partial charge in [-0.15, -0.1) is 0 Å². The van der Waals surface area contributed by atoms with Crippen molar-refractivity contribution in [3.05, 3.63) is 0 Å². The fourth-order valence-corrected chi connectivity index (χ4v) is 6.04. The number of fused-ring (bicyclic) bond motifs is 2. The van der Waals surface area contributed by atoms with Crippen molar-refractivity contribution in [2.45, 2.75) is 58.1 Å². The predicted octanol–water partition coefficient (Wildman–Crippen LogP) is 2.69. The summed E-state index contributed by atoms with van der Waals surface area (Å²) in [5, 5.41) is 0. The van der Waals surface area contributed by atoms with E-state index in [-0.39, 0.29) is 18.0 Å². The summed E-state index contributed by atoms with van der Waals surface area (Å²) in [6, 6.07) is 0.751. The van der Waals surface area contributed by atoms with Gasteiger partial charge >= 0.3 is 5.97 Å². The van der Waals surface area contributed by atoms with Crippen LogP contribution in [-0.2, 0) is 9.53 Å². The second kappa shape index (κ2) is 4.72. The average Bonchev–Trinajstić information content (AvgIpc) is 2.89. The van der Waals surface area contributed by atoms with Crippen LogP contribution in [-0.4, -0.2) is 36.1 Å². The molecule has 20 heavy (non-hydrogen) atoms. The van der Waals surface area contributed by atoms with E-state index in [1.54, 1.807) is 0 Å². The zero-order valence-electron chi connectivity index (χ0n) is 12.8. The molecule has 0 N–H and O–H groups in total. The molecule has 112 valence electrons. The molecule has 3 heterocycles. The molecular formula is C17H27NO2. The molecule has 4 fully saturated rings. The molecular weight excluding hydrogens is 250 g/mol. The fraction of sp³-hybridized carbons (Fsp3) is 0.941. The summed E-state index contributed by atoms with van der Waals surface area (Å²) in [5.74, 6) is 2.80. The van der Waals surface area contributed by atoms with E-state index in [2.05, 4.69) is 18.7 Å². The van der Waals surface area contributed by atoms with Crippen molar-refractivity contribution >= 4 is 5.97 Å². The van der Waals surface area contributed by atoms with Crippen LogP contribution in [0.25, 0.3) is 0 Å². The lowest BCUT2D eigenvalue weighted by Crippen LogP contribution is -2.53. The Kier molecular flexibility index (Phi) is 3.10. The molecule has 3 nitrogen and oxygen atoms in total. The summed E-state index contributed by atoms with van der Waals surface area (Å²) in [5.41, 5.74) is 0. The van der Waals surface area contributed by atoms with Crippen LogP contribution in [0.2, 0.25) is 0 Å². The quantitative estimate of drug-likeness (QED) is 0.690. The molecule has 7 atom stereocenters. The Hall–Kier alpha value is -0.570. The molecule has 0 aromatic rings. The summed E-state index contributed by atoms with van der Waals surface area (Å²) >= 11 is 0. The number of carbonyl (C=O) groups excluding carboxylic acids is 1. The molecule has 0 aromatic heterocycles. The van der Waals surface area contributed by atoms with Gasteiger partial charge in [-0.05, 0) is 50.6 Å². The molecule has 0 radical (unpaired) electrons. The molecule has 0 aromatic carbocycles. The van der Waals surface area contributed by atoms with Crippen LogP contribution in [0.3, 0.4) is 0 Å². The van der Waals surface area contributed by atoms with Gasteiger partial charge in [0.05, 0.1) is 5.92 Å². The standard InChI is InChI=1S/C17H27NO2/c1-3-11-12-6-4-5-8-18-9-7-13(15(12)18)14-10(2)17(19)20-16(11)14/h10-16H,3-9H2,1-2H3/t10-,11+,12+,13+,14+,15+,16-/m0/s1. The van der Waals surface area contributed by atoms with E-state index in [1.807, 2.05) is 0 Å². The highest BCUT2D eigenvalue weighted by Crippen LogP contribution is 2.55. The molecule has 1 saturated carbocycles. The minimum atomic E-state index is 0.0772. The number of ether oxygens (including phenoxy) is 1. The zero-order chi connectivity index (χ0) is 13.9. The molecule has 1 aliphatic carbocycles. The molecule has 3 saturated heterocycles. The predicted molar refractivity (Wildman–Crippen MR) is 77.1 cm³/mol. The Morgan fingerprint density at radius 1 is 1.20 bits per heavy atom. The van der Waals surface area contributed by atoms with Crippen LogP contribution in [0.5, 0.6) is 0 Å². The van der Waals surface area contributed by atoms with E-state index in [4.69, 9.17) is 4.74 Å². The monoisotopic (exact) mass is 277 g/mol. The third kappa shape index (κ3) is 1.65. The van der Waals surface area contributed by atoms with Gasteiger partial charge in [0, 0.05) is 17.9 Å². The smallest absolute Gasteiger partial charge is 0.309 e.